The Balaban J connectivity index is 0.00000240. The van der Waals surface area contributed by atoms with Crippen LogP contribution in [0.4, 0.5) is 0 Å². The van der Waals surface area contributed by atoms with E-state index < -0.39 is 0 Å². The molecule has 0 bridgehead atoms. The lowest BCUT2D eigenvalue weighted by atomic mass is 9.96. The van der Waals surface area contributed by atoms with E-state index in [2.05, 4.69) is 40.5 Å². The monoisotopic (exact) mass is 528 g/mol. The van der Waals surface area contributed by atoms with Crippen molar-refractivity contribution in [3.63, 3.8) is 0 Å². The number of aromatic amines is 1. The lowest BCUT2D eigenvalue weighted by Gasteiger charge is -2.33. The van der Waals surface area contributed by atoms with Crippen LogP contribution in [0.15, 0.2) is 40.1 Å². The van der Waals surface area contributed by atoms with Crippen molar-refractivity contribution >= 4 is 41.5 Å². The van der Waals surface area contributed by atoms with Gasteiger partial charge in [0, 0.05) is 36.6 Å². The summed E-state index contributed by atoms with van der Waals surface area (Å²) in [7, 11) is 1.77. The quantitative estimate of drug-likeness (QED) is 0.304. The number of hydrogen-bond acceptors (Lipinski definition) is 6. The maximum Gasteiger partial charge on any atom is 0.246 e. The standard InChI is InChI=1S/C18H21ClN8O.HI/c1-20-18(27-7-5-12(6-8-27)16-22-11-23-25-16)21-10-15-24-17(26-28-15)13-3-2-4-14(19)9-13;/h2-4,9,11-12H,5-8,10H2,1H3,(H,20,21)(H,22,23,25);1H. The third-order valence-electron chi connectivity index (χ3n) is 4.78. The number of aromatic nitrogens is 5. The average molecular weight is 529 g/mol. The highest BCUT2D eigenvalue weighted by atomic mass is 127. The fourth-order valence-electron chi connectivity index (χ4n) is 3.33. The van der Waals surface area contributed by atoms with E-state index in [4.69, 9.17) is 16.1 Å². The van der Waals surface area contributed by atoms with E-state index >= 15 is 0 Å². The van der Waals surface area contributed by atoms with Crippen LogP contribution in [0.1, 0.15) is 30.5 Å². The molecule has 3 aromatic rings. The third-order valence-corrected chi connectivity index (χ3v) is 5.01. The Morgan fingerprint density at radius 2 is 2.21 bits per heavy atom. The van der Waals surface area contributed by atoms with Crippen LogP contribution in [-0.4, -0.2) is 56.3 Å². The van der Waals surface area contributed by atoms with Crippen LogP contribution >= 0.6 is 35.6 Å². The second-order valence-electron chi connectivity index (χ2n) is 6.55. The van der Waals surface area contributed by atoms with Crippen molar-refractivity contribution in [1.82, 2.24) is 35.5 Å². The molecule has 2 N–H and O–H groups in total. The molecule has 11 heteroatoms. The van der Waals surface area contributed by atoms with Crippen LogP contribution in [0.2, 0.25) is 5.02 Å². The van der Waals surface area contributed by atoms with Gasteiger partial charge in [-0.25, -0.2) is 4.98 Å². The zero-order valence-corrected chi connectivity index (χ0v) is 19.0. The number of nitrogens with zero attached hydrogens (tertiary/aromatic N) is 6. The summed E-state index contributed by atoms with van der Waals surface area (Å²) >= 11 is 6.02. The summed E-state index contributed by atoms with van der Waals surface area (Å²) in [6.45, 7) is 2.19. The number of guanidine groups is 1. The van der Waals surface area contributed by atoms with Gasteiger partial charge >= 0.3 is 0 Å². The van der Waals surface area contributed by atoms with Gasteiger partial charge in [-0.05, 0) is 25.0 Å². The van der Waals surface area contributed by atoms with Crippen molar-refractivity contribution in [1.29, 1.82) is 0 Å². The van der Waals surface area contributed by atoms with Crippen molar-refractivity contribution < 1.29 is 4.52 Å². The Hall–Kier alpha value is -2.21. The number of hydrogen-bond donors (Lipinski definition) is 2. The number of likely N-dealkylation sites (tertiary alicyclic amines) is 1. The normalized spacial score (nSPS) is 15.2. The molecule has 0 amide bonds. The van der Waals surface area contributed by atoms with Crippen LogP contribution in [-0.2, 0) is 6.54 Å². The van der Waals surface area contributed by atoms with Gasteiger partial charge in [-0.2, -0.15) is 10.1 Å². The molecule has 1 fully saturated rings. The van der Waals surface area contributed by atoms with E-state index in [1.54, 1.807) is 19.4 Å². The summed E-state index contributed by atoms with van der Waals surface area (Å²) in [4.78, 5) is 15.3. The molecule has 9 nitrogen and oxygen atoms in total. The number of piperidine rings is 1. The molecule has 29 heavy (non-hydrogen) atoms. The van der Waals surface area contributed by atoms with Crippen LogP contribution in [0.5, 0.6) is 0 Å². The summed E-state index contributed by atoms with van der Waals surface area (Å²) in [6.07, 6.45) is 3.55. The summed E-state index contributed by atoms with van der Waals surface area (Å²) in [6, 6.07) is 7.37. The molecule has 2 aromatic heterocycles. The number of aliphatic imine (C=N–C) groups is 1. The molecule has 1 saturated heterocycles. The SMILES string of the molecule is CN=C(NCc1nc(-c2cccc(Cl)c2)no1)N1CCC(c2ncn[nH]2)CC1.I. The molecule has 0 unspecified atom stereocenters. The molecule has 0 aliphatic carbocycles. The highest BCUT2D eigenvalue weighted by Gasteiger charge is 2.24. The predicted octanol–water partition coefficient (Wildman–Crippen LogP) is 3.08. The number of nitrogens with one attached hydrogen (secondary N) is 2. The summed E-state index contributed by atoms with van der Waals surface area (Å²) in [5, 5.41) is 14.9. The van der Waals surface area contributed by atoms with Crippen LogP contribution in [0.25, 0.3) is 11.4 Å². The fraction of sp³-hybridized carbons (Fsp3) is 0.389. The minimum atomic E-state index is 0. The van der Waals surface area contributed by atoms with Gasteiger partial charge in [0.1, 0.15) is 12.2 Å². The highest BCUT2D eigenvalue weighted by Crippen LogP contribution is 2.25. The van der Waals surface area contributed by atoms with Crippen molar-refractivity contribution in [2.24, 2.45) is 4.99 Å². The molecular weight excluding hydrogens is 507 g/mol. The summed E-state index contributed by atoms with van der Waals surface area (Å²) in [5.41, 5.74) is 0.821. The molecule has 0 spiro atoms. The largest absolute Gasteiger partial charge is 0.347 e. The van der Waals surface area contributed by atoms with Gasteiger partial charge in [0.15, 0.2) is 5.96 Å². The van der Waals surface area contributed by atoms with Crippen molar-refractivity contribution in [2.45, 2.75) is 25.3 Å². The Morgan fingerprint density at radius 1 is 1.38 bits per heavy atom. The van der Waals surface area contributed by atoms with Crippen molar-refractivity contribution in [3.8, 4) is 11.4 Å². The Kier molecular flexibility index (Phi) is 7.42. The first kappa shape index (κ1) is 21.5. The maximum absolute atomic E-state index is 6.02. The van der Waals surface area contributed by atoms with E-state index in [0.29, 0.717) is 29.2 Å². The molecule has 1 aliphatic heterocycles. The van der Waals surface area contributed by atoms with Crippen molar-refractivity contribution in [3.05, 3.63) is 47.3 Å². The molecular formula is C18H22ClIN8O. The summed E-state index contributed by atoms with van der Waals surface area (Å²) < 4.78 is 5.35. The second-order valence-corrected chi connectivity index (χ2v) is 6.99. The zero-order valence-electron chi connectivity index (χ0n) is 15.9. The number of halogens is 2. The lowest BCUT2D eigenvalue weighted by molar-refractivity contribution is 0.296. The fourth-order valence-corrected chi connectivity index (χ4v) is 3.53. The van der Waals surface area contributed by atoms with Gasteiger partial charge in [-0.15, -0.1) is 24.0 Å². The third kappa shape index (κ3) is 5.24. The Bertz CT molecular complexity index is 937. The Morgan fingerprint density at radius 3 is 2.90 bits per heavy atom. The Labute approximate surface area is 190 Å². The van der Waals surface area contributed by atoms with E-state index in [1.807, 2.05) is 18.2 Å². The second kappa shape index (κ2) is 10.0. The number of benzene rings is 1. The molecule has 154 valence electrons. The first-order chi connectivity index (χ1) is 13.7. The lowest BCUT2D eigenvalue weighted by Crippen LogP contribution is -2.45. The van der Waals surface area contributed by atoms with E-state index in [1.165, 1.54) is 0 Å². The van der Waals surface area contributed by atoms with Crippen LogP contribution < -0.4 is 5.32 Å². The van der Waals surface area contributed by atoms with E-state index in [9.17, 15) is 0 Å². The van der Waals surface area contributed by atoms with Gasteiger partial charge in [-0.3, -0.25) is 10.1 Å². The molecule has 4 rings (SSSR count). The zero-order chi connectivity index (χ0) is 19.3. The van der Waals surface area contributed by atoms with Crippen molar-refractivity contribution in [2.75, 3.05) is 20.1 Å². The number of rotatable bonds is 4. The average Bonchev–Trinajstić information content (AvgIpc) is 3.41. The summed E-state index contributed by atoms with van der Waals surface area (Å²) in [5.74, 6) is 3.20. The minimum absolute atomic E-state index is 0. The van der Waals surface area contributed by atoms with Crippen LogP contribution in [0, 0.1) is 0 Å². The van der Waals surface area contributed by atoms with E-state index in [-0.39, 0.29) is 24.0 Å². The predicted molar refractivity (Wildman–Crippen MR) is 120 cm³/mol. The molecule has 0 atom stereocenters. The molecule has 1 aliphatic rings. The van der Waals surface area contributed by atoms with Gasteiger partial charge < -0.3 is 14.7 Å². The van der Waals surface area contributed by atoms with Gasteiger partial charge in [0.25, 0.3) is 0 Å². The number of H-pyrrole nitrogens is 1. The minimum Gasteiger partial charge on any atom is -0.347 e. The molecule has 1 aromatic carbocycles. The van der Waals surface area contributed by atoms with Gasteiger partial charge in [0.05, 0.1) is 6.54 Å². The van der Waals surface area contributed by atoms with Crippen LogP contribution in [0.3, 0.4) is 0 Å². The van der Waals surface area contributed by atoms with Gasteiger partial charge in [-0.1, -0.05) is 28.9 Å². The van der Waals surface area contributed by atoms with E-state index in [0.717, 1.165) is 43.3 Å². The highest BCUT2D eigenvalue weighted by molar-refractivity contribution is 14.0. The maximum atomic E-state index is 6.02. The topological polar surface area (TPSA) is 108 Å². The first-order valence-electron chi connectivity index (χ1n) is 9.12. The first-order valence-corrected chi connectivity index (χ1v) is 9.50. The smallest absolute Gasteiger partial charge is 0.246 e. The van der Waals surface area contributed by atoms with Gasteiger partial charge in [0.2, 0.25) is 11.7 Å². The molecule has 0 radical (unpaired) electrons. The molecule has 0 saturated carbocycles. The molecule has 3 heterocycles.